The smallest absolute Gasteiger partial charge is 0.387 e. The first kappa shape index (κ1) is 18.2. The van der Waals surface area contributed by atoms with Crippen molar-refractivity contribution in [1.82, 2.24) is 5.32 Å². The van der Waals surface area contributed by atoms with Gasteiger partial charge in [0.15, 0.2) is 0 Å². The van der Waals surface area contributed by atoms with Crippen molar-refractivity contribution in [2.75, 3.05) is 0 Å². The monoisotopic (exact) mass is 319 g/mol. The van der Waals surface area contributed by atoms with Gasteiger partial charge >= 0.3 is 6.61 Å². The third kappa shape index (κ3) is 7.63. The number of alkyl halides is 2. The molecule has 1 N–H and O–H groups in total. The van der Waals surface area contributed by atoms with Gasteiger partial charge in [-0.3, -0.25) is 0 Å². The Hall–Kier alpha value is -0.870. The highest BCUT2D eigenvalue weighted by molar-refractivity contribution is 6.30. The molecule has 0 aliphatic rings. The quantitative estimate of drug-likeness (QED) is 0.584. The lowest BCUT2D eigenvalue weighted by atomic mass is 10.1. The molecule has 21 heavy (non-hydrogen) atoms. The molecule has 0 spiro atoms. The second kappa shape index (κ2) is 9.96. The van der Waals surface area contributed by atoms with Crippen LogP contribution in [-0.4, -0.2) is 12.7 Å². The first-order valence-corrected chi connectivity index (χ1v) is 7.87. The molecule has 1 rings (SSSR count). The molecule has 1 aromatic rings. The van der Waals surface area contributed by atoms with Crippen LogP contribution in [0.15, 0.2) is 18.2 Å². The van der Waals surface area contributed by atoms with Crippen LogP contribution in [0.5, 0.6) is 5.75 Å². The van der Waals surface area contributed by atoms with E-state index >= 15 is 0 Å². The fraction of sp³-hybridized carbons (Fsp3) is 0.625. The molecule has 0 radical (unpaired) electrons. The number of unbranched alkanes of at least 4 members (excludes halogenated alkanes) is 3. The number of rotatable bonds is 10. The van der Waals surface area contributed by atoms with Crippen LogP contribution in [0.2, 0.25) is 5.02 Å². The summed E-state index contributed by atoms with van der Waals surface area (Å²) >= 11 is 5.92. The van der Waals surface area contributed by atoms with Gasteiger partial charge < -0.3 is 10.1 Å². The van der Waals surface area contributed by atoms with Gasteiger partial charge in [0.2, 0.25) is 0 Å². The van der Waals surface area contributed by atoms with E-state index in [2.05, 4.69) is 23.9 Å². The third-order valence-electron chi connectivity index (χ3n) is 3.37. The molecular weight excluding hydrogens is 296 g/mol. The van der Waals surface area contributed by atoms with E-state index in [9.17, 15) is 8.78 Å². The molecule has 0 amide bonds. The minimum Gasteiger partial charge on any atom is -0.434 e. The van der Waals surface area contributed by atoms with E-state index < -0.39 is 6.61 Å². The normalized spacial score (nSPS) is 12.7. The molecule has 1 atom stereocenters. The molecule has 0 bridgehead atoms. The summed E-state index contributed by atoms with van der Waals surface area (Å²) in [5.41, 5.74) is 0.656. The van der Waals surface area contributed by atoms with Crippen LogP contribution in [0, 0.1) is 0 Å². The molecule has 0 heterocycles. The maximum Gasteiger partial charge on any atom is 0.387 e. The van der Waals surface area contributed by atoms with Crippen molar-refractivity contribution >= 4 is 11.6 Å². The van der Waals surface area contributed by atoms with Gasteiger partial charge in [-0.15, -0.1) is 0 Å². The number of nitrogens with one attached hydrogen (secondary N) is 1. The van der Waals surface area contributed by atoms with E-state index in [1.807, 2.05) is 0 Å². The van der Waals surface area contributed by atoms with Crippen LogP contribution >= 0.6 is 11.6 Å². The molecule has 0 saturated heterocycles. The highest BCUT2D eigenvalue weighted by atomic mass is 35.5. The van der Waals surface area contributed by atoms with Crippen molar-refractivity contribution in [2.24, 2.45) is 0 Å². The molecule has 0 aromatic heterocycles. The summed E-state index contributed by atoms with van der Waals surface area (Å²) in [6.07, 6.45) is 5.97. The SMILES string of the molecule is CCCCCCC(C)NCc1cc(Cl)ccc1OC(F)F. The van der Waals surface area contributed by atoms with Crippen LogP contribution in [0.1, 0.15) is 51.5 Å². The van der Waals surface area contributed by atoms with Gasteiger partial charge in [-0.1, -0.05) is 44.2 Å². The first-order chi connectivity index (χ1) is 10.0. The zero-order chi connectivity index (χ0) is 15.7. The average molecular weight is 320 g/mol. The van der Waals surface area contributed by atoms with Gasteiger partial charge in [0.05, 0.1) is 0 Å². The summed E-state index contributed by atoms with van der Waals surface area (Å²) in [6, 6.07) is 5.03. The molecule has 0 aliphatic carbocycles. The molecule has 1 unspecified atom stereocenters. The van der Waals surface area contributed by atoms with Crippen molar-refractivity contribution in [3.05, 3.63) is 28.8 Å². The van der Waals surface area contributed by atoms with Crippen molar-refractivity contribution in [3.8, 4) is 5.75 Å². The number of benzene rings is 1. The molecule has 5 heteroatoms. The number of halogens is 3. The van der Waals surface area contributed by atoms with Gasteiger partial charge in [-0.25, -0.2) is 0 Å². The molecule has 2 nitrogen and oxygen atoms in total. The average Bonchev–Trinajstić information content (AvgIpc) is 2.43. The van der Waals surface area contributed by atoms with E-state index in [1.165, 1.54) is 31.7 Å². The van der Waals surface area contributed by atoms with Crippen LogP contribution in [0.3, 0.4) is 0 Å². The van der Waals surface area contributed by atoms with E-state index in [1.54, 1.807) is 12.1 Å². The van der Waals surface area contributed by atoms with Crippen molar-refractivity contribution in [3.63, 3.8) is 0 Å². The second-order valence-electron chi connectivity index (χ2n) is 5.26. The summed E-state index contributed by atoms with van der Waals surface area (Å²) in [7, 11) is 0. The second-order valence-corrected chi connectivity index (χ2v) is 5.70. The number of hydrogen-bond donors (Lipinski definition) is 1. The summed E-state index contributed by atoms with van der Waals surface area (Å²) < 4.78 is 29.2. The third-order valence-corrected chi connectivity index (χ3v) is 3.61. The van der Waals surface area contributed by atoms with Crippen molar-refractivity contribution in [2.45, 2.75) is 65.1 Å². The van der Waals surface area contributed by atoms with E-state index in [0.717, 1.165) is 6.42 Å². The van der Waals surface area contributed by atoms with Gasteiger partial charge in [-0.05, 0) is 31.5 Å². The lowest BCUT2D eigenvalue weighted by Gasteiger charge is -2.16. The van der Waals surface area contributed by atoms with Crippen LogP contribution in [0.4, 0.5) is 8.78 Å². The Kier molecular flexibility index (Phi) is 8.62. The van der Waals surface area contributed by atoms with Crippen LogP contribution in [0.25, 0.3) is 0 Å². The molecule has 0 saturated carbocycles. The maximum atomic E-state index is 12.4. The largest absolute Gasteiger partial charge is 0.434 e. The van der Waals surface area contributed by atoms with Crippen molar-refractivity contribution in [1.29, 1.82) is 0 Å². The van der Waals surface area contributed by atoms with Gasteiger partial charge in [0.25, 0.3) is 0 Å². The van der Waals surface area contributed by atoms with E-state index in [4.69, 9.17) is 11.6 Å². The summed E-state index contributed by atoms with van der Waals surface area (Å²) in [4.78, 5) is 0. The Labute approximate surface area is 130 Å². The fourth-order valence-corrected chi connectivity index (χ4v) is 2.36. The molecule has 0 aliphatic heterocycles. The van der Waals surface area contributed by atoms with Gasteiger partial charge in [0, 0.05) is 23.2 Å². The minimum atomic E-state index is -2.82. The Balaban J connectivity index is 2.47. The highest BCUT2D eigenvalue weighted by Gasteiger charge is 2.11. The van der Waals surface area contributed by atoms with E-state index in [0.29, 0.717) is 23.2 Å². The number of hydrogen-bond acceptors (Lipinski definition) is 2. The zero-order valence-electron chi connectivity index (χ0n) is 12.7. The highest BCUT2D eigenvalue weighted by Crippen LogP contribution is 2.24. The Morgan fingerprint density at radius 1 is 1.24 bits per heavy atom. The summed E-state index contributed by atoms with van der Waals surface area (Å²) in [5, 5.41) is 3.85. The summed E-state index contributed by atoms with van der Waals surface area (Å²) in [5.74, 6) is 0.181. The van der Waals surface area contributed by atoms with Gasteiger partial charge in [-0.2, -0.15) is 8.78 Å². The maximum absolute atomic E-state index is 12.4. The Morgan fingerprint density at radius 2 is 2.00 bits per heavy atom. The predicted molar refractivity (Wildman–Crippen MR) is 83.1 cm³/mol. The Bertz CT molecular complexity index is 415. The van der Waals surface area contributed by atoms with Gasteiger partial charge in [0.1, 0.15) is 5.75 Å². The summed E-state index contributed by atoms with van der Waals surface area (Å²) in [6.45, 7) is 1.93. The van der Waals surface area contributed by atoms with E-state index in [-0.39, 0.29) is 5.75 Å². The molecular formula is C16H24ClF2NO. The number of ether oxygens (including phenoxy) is 1. The lowest BCUT2D eigenvalue weighted by Crippen LogP contribution is -2.25. The minimum absolute atomic E-state index is 0.181. The lowest BCUT2D eigenvalue weighted by molar-refractivity contribution is -0.0505. The van der Waals surface area contributed by atoms with Crippen LogP contribution in [-0.2, 0) is 6.54 Å². The van der Waals surface area contributed by atoms with Crippen molar-refractivity contribution < 1.29 is 13.5 Å². The zero-order valence-corrected chi connectivity index (χ0v) is 13.4. The predicted octanol–water partition coefficient (Wildman–Crippen LogP) is 5.39. The first-order valence-electron chi connectivity index (χ1n) is 7.49. The Morgan fingerprint density at radius 3 is 2.67 bits per heavy atom. The van der Waals surface area contributed by atoms with Crippen LogP contribution < -0.4 is 10.1 Å². The fourth-order valence-electron chi connectivity index (χ4n) is 2.16. The topological polar surface area (TPSA) is 21.3 Å². The molecule has 0 fully saturated rings. The standard InChI is InChI=1S/C16H24ClF2NO/c1-3-4-5-6-7-12(2)20-11-13-10-14(17)8-9-15(13)21-16(18)19/h8-10,12,16,20H,3-7,11H2,1-2H3. The molecule has 120 valence electrons. The molecule has 1 aromatic carbocycles.